The highest BCUT2D eigenvalue weighted by Gasteiger charge is 2.28. The highest BCUT2D eigenvalue weighted by atomic mass is 32.2. The Hall–Kier alpha value is -2.46. The predicted molar refractivity (Wildman–Crippen MR) is 122 cm³/mol. The molecule has 0 aromatic heterocycles. The van der Waals surface area contributed by atoms with Crippen molar-refractivity contribution in [3.63, 3.8) is 0 Å². The Bertz CT molecular complexity index is 972. The van der Waals surface area contributed by atoms with Crippen LogP contribution >= 0.6 is 0 Å². The molecule has 0 radical (unpaired) electrons. The van der Waals surface area contributed by atoms with Crippen molar-refractivity contribution in [2.45, 2.75) is 24.8 Å². The van der Waals surface area contributed by atoms with Gasteiger partial charge in [0.15, 0.2) is 0 Å². The molecule has 2 aromatic rings. The Kier molecular flexibility index (Phi) is 7.66. The average Bonchev–Trinajstić information content (AvgIpc) is 2.73. The summed E-state index contributed by atoms with van der Waals surface area (Å²) < 4.78 is 28.2. The number of benzene rings is 2. The Labute approximate surface area is 183 Å². The second-order valence-electron chi connectivity index (χ2n) is 7.78. The first-order valence-electron chi connectivity index (χ1n) is 10.3. The second kappa shape index (κ2) is 10.2. The summed E-state index contributed by atoms with van der Waals surface area (Å²) in [7, 11) is -3.89. The molecule has 1 aliphatic heterocycles. The molecule has 3 N–H and O–H groups in total. The molecular weight excluding hydrogens is 416 g/mol. The van der Waals surface area contributed by atoms with Crippen molar-refractivity contribution in [1.82, 2.24) is 10.2 Å². The Morgan fingerprint density at radius 2 is 1.74 bits per heavy atom. The average molecular weight is 447 g/mol. The van der Waals surface area contributed by atoms with Crippen LogP contribution in [0.4, 0.5) is 11.4 Å². The van der Waals surface area contributed by atoms with Crippen LogP contribution in [0.3, 0.4) is 0 Å². The molecule has 9 heteroatoms. The number of carbonyl (C=O) groups is 1. The van der Waals surface area contributed by atoms with Gasteiger partial charge in [0.2, 0.25) is 5.91 Å². The quantitative estimate of drug-likeness (QED) is 0.567. The predicted octanol–water partition coefficient (Wildman–Crippen LogP) is 1.41. The largest absolute Gasteiger partial charge is 0.390 e. The smallest absolute Gasteiger partial charge is 0.264 e. The number of β-amino-alcohol motifs (C(OH)–C–C–N with tert-alkyl or cyclic N) is 1. The zero-order valence-electron chi connectivity index (χ0n) is 17.9. The first kappa shape index (κ1) is 23.2. The number of hydrogen-bond acceptors (Lipinski definition) is 6. The summed E-state index contributed by atoms with van der Waals surface area (Å²) in [5.74, 6) is -0.205. The number of hydrogen-bond donors (Lipinski definition) is 3. The van der Waals surface area contributed by atoms with E-state index < -0.39 is 16.1 Å². The van der Waals surface area contributed by atoms with Gasteiger partial charge in [-0.3, -0.25) is 14.0 Å². The Morgan fingerprint density at radius 3 is 2.32 bits per heavy atom. The van der Waals surface area contributed by atoms with Crippen LogP contribution in [-0.4, -0.2) is 69.7 Å². The lowest BCUT2D eigenvalue weighted by Gasteiger charge is -2.32. The number of anilines is 2. The van der Waals surface area contributed by atoms with Gasteiger partial charge in [-0.25, -0.2) is 8.42 Å². The van der Waals surface area contributed by atoms with Gasteiger partial charge < -0.3 is 15.7 Å². The lowest BCUT2D eigenvalue weighted by Crippen LogP contribution is -2.49. The van der Waals surface area contributed by atoms with Crippen LogP contribution in [0, 0.1) is 6.92 Å². The molecule has 168 valence electrons. The summed E-state index contributed by atoms with van der Waals surface area (Å²) in [6.45, 7) is 6.96. The molecule has 0 aliphatic carbocycles. The zero-order chi connectivity index (χ0) is 22.4. The fourth-order valence-corrected chi connectivity index (χ4v) is 5.04. The van der Waals surface area contributed by atoms with Gasteiger partial charge >= 0.3 is 0 Å². The molecule has 0 saturated carbocycles. The van der Waals surface area contributed by atoms with Crippen molar-refractivity contribution in [3.05, 3.63) is 54.1 Å². The van der Waals surface area contributed by atoms with E-state index in [9.17, 15) is 18.3 Å². The number of aliphatic hydroxyl groups is 1. The number of piperazine rings is 1. The lowest BCUT2D eigenvalue weighted by atomic mass is 10.2. The molecule has 1 amide bonds. The minimum atomic E-state index is -3.89. The normalized spacial score (nSPS) is 16.0. The van der Waals surface area contributed by atoms with E-state index in [-0.39, 0.29) is 17.3 Å². The van der Waals surface area contributed by atoms with Gasteiger partial charge in [-0.15, -0.1) is 0 Å². The number of nitrogens with zero attached hydrogens (tertiary/aromatic N) is 2. The number of rotatable bonds is 8. The van der Waals surface area contributed by atoms with E-state index in [2.05, 4.69) is 15.5 Å². The highest BCUT2D eigenvalue weighted by molar-refractivity contribution is 7.92. The summed E-state index contributed by atoms with van der Waals surface area (Å²) >= 11 is 0. The zero-order valence-corrected chi connectivity index (χ0v) is 18.7. The van der Waals surface area contributed by atoms with Gasteiger partial charge in [-0.1, -0.05) is 17.7 Å². The standard InChI is InChI=1S/C22H30N4O4S/c1-17-3-9-22(10-4-17)31(29,30)26(16-21(28)15-25-13-11-23-12-14-25)20-7-5-19(6-8-20)24-18(2)27/h3-10,21,23,28H,11-16H2,1-2H3,(H,24,27). The van der Waals surface area contributed by atoms with Crippen molar-refractivity contribution < 1.29 is 18.3 Å². The van der Waals surface area contributed by atoms with Gasteiger partial charge in [0.1, 0.15) is 0 Å². The van der Waals surface area contributed by atoms with E-state index in [4.69, 9.17) is 0 Å². The third-order valence-electron chi connectivity index (χ3n) is 5.14. The van der Waals surface area contributed by atoms with Crippen molar-refractivity contribution in [3.8, 4) is 0 Å². The van der Waals surface area contributed by atoms with Crippen LogP contribution in [0.25, 0.3) is 0 Å². The monoisotopic (exact) mass is 446 g/mol. The maximum absolute atomic E-state index is 13.5. The van der Waals surface area contributed by atoms with E-state index in [0.29, 0.717) is 17.9 Å². The van der Waals surface area contributed by atoms with Gasteiger partial charge in [0.25, 0.3) is 10.0 Å². The molecule has 1 atom stereocenters. The number of aliphatic hydroxyl groups excluding tert-OH is 1. The lowest BCUT2D eigenvalue weighted by molar-refractivity contribution is -0.114. The summed E-state index contributed by atoms with van der Waals surface area (Å²) in [6.07, 6.45) is -0.853. The molecule has 0 bridgehead atoms. The highest BCUT2D eigenvalue weighted by Crippen LogP contribution is 2.26. The van der Waals surface area contributed by atoms with Crippen LogP contribution in [0.2, 0.25) is 0 Å². The van der Waals surface area contributed by atoms with E-state index in [1.54, 1.807) is 48.5 Å². The molecule has 31 heavy (non-hydrogen) atoms. The van der Waals surface area contributed by atoms with Crippen molar-refractivity contribution >= 4 is 27.3 Å². The van der Waals surface area contributed by atoms with E-state index in [0.717, 1.165) is 31.7 Å². The van der Waals surface area contributed by atoms with Crippen LogP contribution in [0.1, 0.15) is 12.5 Å². The molecule has 3 rings (SSSR count). The molecule has 0 spiro atoms. The van der Waals surface area contributed by atoms with Crippen LogP contribution in [0.15, 0.2) is 53.4 Å². The van der Waals surface area contributed by atoms with E-state index in [1.165, 1.54) is 11.2 Å². The van der Waals surface area contributed by atoms with Crippen LogP contribution in [0.5, 0.6) is 0 Å². The summed E-state index contributed by atoms with van der Waals surface area (Å²) in [4.78, 5) is 13.6. The van der Waals surface area contributed by atoms with Crippen LogP contribution in [-0.2, 0) is 14.8 Å². The van der Waals surface area contributed by atoms with Gasteiger partial charge in [-0.2, -0.15) is 0 Å². The summed E-state index contributed by atoms with van der Waals surface area (Å²) in [5.41, 5.74) is 1.96. The molecule has 1 unspecified atom stereocenters. The third kappa shape index (κ3) is 6.27. The van der Waals surface area contributed by atoms with Gasteiger partial charge in [0.05, 0.1) is 23.2 Å². The Balaban J connectivity index is 1.87. The van der Waals surface area contributed by atoms with E-state index in [1.807, 2.05) is 6.92 Å². The van der Waals surface area contributed by atoms with E-state index >= 15 is 0 Å². The summed E-state index contributed by atoms with van der Waals surface area (Å²) in [5, 5.41) is 16.7. The number of aryl methyl sites for hydroxylation is 1. The maximum Gasteiger partial charge on any atom is 0.264 e. The fourth-order valence-electron chi connectivity index (χ4n) is 3.53. The van der Waals surface area contributed by atoms with Crippen molar-refractivity contribution in [1.29, 1.82) is 0 Å². The maximum atomic E-state index is 13.5. The van der Waals surface area contributed by atoms with Gasteiger partial charge in [0, 0.05) is 45.3 Å². The molecule has 1 aliphatic rings. The first-order valence-corrected chi connectivity index (χ1v) is 11.8. The number of nitrogens with one attached hydrogen (secondary N) is 2. The Morgan fingerprint density at radius 1 is 1.13 bits per heavy atom. The van der Waals surface area contributed by atoms with Crippen LogP contribution < -0.4 is 14.9 Å². The number of amides is 1. The minimum Gasteiger partial charge on any atom is -0.390 e. The second-order valence-corrected chi connectivity index (χ2v) is 9.64. The molecule has 8 nitrogen and oxygen atoms in total. The third-order valence-corrected chi connectivity index (χ3v) is 6.95. The molecule has 1 heterocycles. The van der Waals surface area contributed by atoms with Gasteiger partial charge in [-0.05, 0) is 43.3 Å². The topological polar surface area (TPSA) is 102 Å². The number of carbonyl (C=O) groups excluding carboxylic acids is 1. The molecule has 2 aromatic carbocycles. The fraction of sp³-hybridized carbons (Fsp3) is 0.409. The minimum absolute atomic E-state index is 0.0698. The molecule has 1 fully saturated rings. The molecule has 1 saturated heterocycles. The van der Waals surface area contributed by atoms with Crippen molar-refractivity contribution in [2.75, 3.05) is 48.9 Å². The molecular formula is C22H30N4O4S. The van der Waals surface area contributed by atoms with Crippen molar-refractivity contribution in [2.24, 2.45) is 0 Å². The number of sulfonamides is 1. The first-order chi connectivity index (χ1) is 14.8. The SMILES string of the molecule is CC(=O)Nc1ccc(N(CC(O)CN2CCNCC2)S(=O)(=O)c2ccc(C)cc2)cc1. The summed E-state index contributed by atoms with van der Waals surface area (Å²) in [6, 6.07) is 13.2.